The van der Waals surface area contributed by atoms with Crippen LogP contribution in [0.25, 0.3) is 21.5 Å². The summed E-state index contributed by atoms with van der Waals surface area (Å²) in [5.41, 5.74) is 2.56. The van der Waals surface area contributed by atoms with E-state index in [1.807, 2.05) is 38.1 Å². The highest BCUT2D eigenvalue weighted by atomic mass is 32.1. The highest BCUT2D eigenvalue weighted by Crippen LogP contribution is 2.36. The Kier molecular flexibility index (Phi) is 6.35. The quantitative estimate of drug-likeness (QED) is 0.413. The molecule has 1 N–H and O–H groups in total. The number of thiophene rings is 1. The number of aromatic nitrogens is 3. The van der Waals surface area contributed by atoms with Crippen LogP contribution in [-0.2, 0) is 11.3 Å². The SMILES string of the molecule is COCc1nc(OC)c2c(C)c(C(=O)Nc3nc(-c4ccc(OC)cc4)c(C)s3)sc2n1. The van der Waals surface area contributed by atoms with Crippen LogP contribution in [0.4, 0.5) is 5.13 Å². The lowest BCUT2D eigenvalue weighted by molar-refractivity contribution is 0.103. The Hall–Kier alpha value is -3.08. The van der Waals surface area contributed by atoms with Crippen molar-refractivity contribution in [1.82, 2.24) is 15.0 Å². The number of ether oxygens (including phenoxy) is 3. The Morgan fingerprint density at radius 1 is 1.00 bits per heavy atom. The van der Waals surface area contributed by atoms with E-state index in [1.54, 1.807) is 21.3 Å². The molecule has 0 bridgehead atoms. The molecule has 166 valence electrons. The largest absolute Gasteiger partial charge is 0.497 e. The minimum Gasteiger partial charge on any atom is -0.497 e. The number of hydrogen-bond donors (Lipinski definition) is 1. The minimum atomic E-state index is -0.240. The number of rotatable bonds is 7. The summed E-state index contributed by atoms with van der Waals surface area (Å²) >= 11 is 2.73. The summed E-state index contributed by atoms with van der Waals surface area (Å²) in [7, 11) is 4.76. The molecule has 0 unspecified atom stereocenters. The van der Waals surface area contributed by atoms with E-state index >= 15 is 0 Å². The van der Waals surface area contributed by atoms with Gasteiger partial charge in [0, 0.05) is 17.6 Å². The fourth-order valence-corrected chi connectivity index (χ4v) is 5.24. The summed E-state index contributed by atoms with van der Waals surface area (Å²) in [5.74, 6) is 1.48. The van der Waals surface area contributed by atoms with Crippen LogP contribution in [0.2, 0.25) is 0 Å². The number of methoxy groups -OCH3 is 3. The lowest BCUT2D eigenvalue weighted by Crippen LogP contribution is -2.11. The number of thiazole rings is 1. The van der Waals surface area contributed by atoms with Crippen molar-refractivity contribution in [3.8, 4) is 22.9 Å². The van der Waals surface area contributed by atoms with E-state index in [9.17, 15) is 4.79 Å². The van der Waals surface area contributed by atoms with Crippen molar-refractivity contribution in [2.75, 3.05) is 26.6 Å². The molecule has 4 aromatic rings. The van der Waals surface area contributed by atoms with E-state index in [2.05, 4.69) is 20.3 Å². The third-order valence-corrected chi connectivity index (χ3v) is 6.93. The van der Waals surface area contributed by atoms with Crippen LogP contribution in [0.5, 0.6) is 11.6 Å². The number of nitrogens with one attached hydrogen (secondary N) is 1. The second-order valence-electron chi connectivity index (χ2n) is 6.92. The molecule has 3 aromatic heterocycles. The van der Waals surface area contributed by atoms with Crippen molar-refractivity contribution in [2.45, 2.75) is 20.5 Å². The van der Waals surface area contributed by atoms with E-state index in [1.165, 1.54) is 22.7 Å². The molecule has 0 atom stereocenters. The zero-order valence-corrected chi connectivity index (χ0v) is 19.9. The third-order valence-electron chi connectivity index (χ3n) is 4.86. The monoisotopic (exact) mass is 470 g/mol. The Bertz CT molecular complexity index is 1280. The van der Waals surface area contributed by atoms with Gasteiger partial charge in [0.1, 0.15) is 17.2 Å². The van der Waals surface area contributed by atoms with Gasteiger partial charge in [0.2, 0.25) is 5.88 Å². The van der Waals surface area contributed by atoms with Crippen molar-refractivity contribution in [1.29, 1.82) is 0 Å². The predicted octanol–water partition coefficient (Wildman–Crippen LogP) is 4.85. The van der Waals surface area contributed by atoms with Crippen molar-refractivity contribution in [3.05, 3.63) is 45.4 Å². The molecule has 0 fully saturated rings. The number of fused-ring (bicyclic) bond motifs is 1. The fraction of sp³-hybridized carbons (Fsp3) is 0.273. The Labute approximate surface area is 193 Å². The van der Waals surface area contributed by atoms with E-state index in [-0.39, 0.29) is 12.5 Å². The molecule has 0 spiro atoms. The molecule has 0 saturated heterocycles. The summed E-state index contributed by atoms with van der Waals surface area (Å²) in [6, 6.07) is 7.68. The Morgan fingerprint density at radius 3 is 2.41 bits per heavy atom. The number of carbonyl (C=O) groups excluding carboxylic acids is 1. The molecular weight excluding hydrogens is 448 g/mol. The first-order valence-corrected chi connectivity index (χ1v) is 11.3. The van der Waals surface area contributed by atoms with Gasteiger partial charge in [0.25, 0.3) is 5.91 Å². The first-order valence-electron chi connectivity index (χ1n) is 9.71. The van der Waals surface area contributed by atoms with Crippen LogP contribution in [0.3, 0.4) is 0 Å². The number of amides is 1. The van der Waals surface area contributed by atoms with E-state index in [4.69, 9.17) is 14.2 Å². The van der Waals surface area contributed by atoms with Crippen molar-refractivity contribution in [3.63, 3.8) is 0 Å². The molecule has 3 heterocycles. The van der Waals surface area contributed by atoms with Crippen LogP contribution in [0.15, 0.2) is 24.3 Å². The van der Waals surface area contributed by atoms with Gasteiger partial charge in [0.15, 0.2) is 11.0 Å². The maximum Gasteiger partial charge on any atom is 0.267 e. The fourth-order valence-electron chi connectivity index (χ4n) is 3.32. The van der Waals surface area contributed by atoms with Crippen LogP contribution in [-0.4, -0.2) is 42.2 Å². The van der Waals surface area contributed by atoms with Gasteiger partial charge in [-0.1, -0.05) is 0 Å². The first-order chi connectivity index (χ1) is 15.4. The molecule has 0 aliphatic rings. The van der Waals surface area contributed by atoms with Gasteiger partial charge in [-0.2, -0.15) is 4.98 Å². The van der Waals surface area contributed by atoms with E-state index < -0.39 is 0 Å². The molecule has 1 aromatic carbocycles. The average Bonchev–Trinajstić information content (AvgIpc) is 3.32. The van der Waals surface area contributed by atoms with Crippen molar-refractivity contribution in [2.24, 2.45) is 0 Å². The maximum absolute atomic E-state index is 13.1. The van der Waals surface area contributed by atoms with Gasteiger partial charge in [-0.15, -0.1) is 22.7 Å². The lowest BCUT2D eigenvalue weighted by Gasteiger charge is -2.05. The van der Waals surface area contributed by atoms with Crippen LogP contribution in [0.1, 0.15) is 25.9 Å². The summed E-state index contributed by atoms with van der Waals surface area (Å²) < 4.78 is 15.8. The molecule has 10 heteroatoms. The van der Waals surface area contributed by atoms with E-state index in [0.717, 1.165) is 32.8 Å². The second kappa shape index (κ2) is 9.19. The van der Waals surface area contributed by atoms with Gasteiger partial charge in [-0.05, 0) is 43.7 Å². The third kappa shape index (κ3) is 4.16. The van der Waals surface area contributed by atoms with Gasteiger partial charge in [-0.25, -0.2) is 9.97 Å². The molecule has 4 rings (SSSR count). The Morgan fingerprint density at radius 2 is 1.75 bits per heavy atom. The standard InChI is InChI=1S/C22H22N4O4S2/c1-11-16-20(30-5)23-15(10-28-3)24-21(16)32-18(11)19(27)26-22-25-17(12(2)31-22)13-6-8-14(29-4)9-7-13/h6-9H,10H2,1-5H3,(H,25,26,27). The molecule has 0 radical (unpaired) electrons. The average molecular weight is 471 g/mol. The molecule has 0 aliphatic heterocycles. The lowest BCUT2D eigenvalue weighted by atomic mass is 10.1. The van der Waals surface area contributed by atoms with Crippen molar-refractivity contribution < 1.29 is 19.0 Å². The number of aryl methyl sites for hydroxylation is 2. The highest BCUT2D eigenvalue weighted by Gasteiger charge is 2.22. The summed E-state index contributed by atoms with van der Waals surface area (Å²) in [5, 5.41) is 4.20. The second-order valence-corrected chi connectivity index (χ2v) is 9.13. The number of benzene rings is 1. The van der Waals surface area contributed by atoms with Crippen LogP contribution >= 0.6 is 22.7 Å². The normalized spacial score (nSPS) is 11.0. The molecule has 32 heavy (non-hydrogen) atoms. The Balaban J connectivity index is 1.63. The zero-order valence-electron chi connectivity index (χ0n) is 18.3. The summed E-state index contributed by atoms with van der Waals surface area (Å²) in [4.78, 5) is 28.9. The molecule has 1 amide bonds. The first kappa shape index (κ1) is 22.1. The van der Waals surface area contributed by atoms with Crippen molar-refractivity contribution >= 4 is 43.9 Å². The van der Waals surface area contributed by atoms with Gasteiger partial charge >= 0.3 is 0 Å². The van der Waals surface area contributed by atoms with Crippen LogP contribution < -0.4 is 14.8 Å². The zero-order chi connectivity index (χ0) is 22.8. The molecule has 0 saturated carbocycles. The number of nitrogens with zero attached hydrogens (tertiary/aromatic N) is 3. The highest BCUT2D eigenvalue weighted by molar-refractivity contribution is 7.21. The predicted molar refractivity (Wildman–Crippen MR) is 126 cm³/mol. The van der Waals surface area contributed by atoms with Gasteiger partial charge in [0.05, 0.1) is 30.2 Å². The topological polar surface area (TPSA) is 95.5 Å². The van der Waals surface area contributed by atoms with Crippen LogP contribution in [0, 0.1) is 13.8 Å². The number of anilines is 1. The summed E-state index contributed by atoms with van der Waals surface area (Å²) in [6.07, 6.45) is 0. The maximum atomic E-state index is 13.1. The molecule has 8 nitrogen and oxygen atoms in total. The smallest absolute Gasteiger partial charge is 0.267 e. The minimum absolute atomic E-state index is 0.240. The number of hydrogen-bond acceptors (Lipinski definition) is 9. The van der Waals surface area contributed by atoms with E-state index in [0.29, 0.717) is 26.5 Å². The number of carbonyl (C=O) groups is 1. The van der Waals surface area contributed by atoms with Gasteiger partial charge < -0.3 is 14.2 Å². The van der Waals surface area contributed by atoms with Gasteiger partial charge in [-0.3, -0.25) is 10.1 Å². The molecular formula is C22H22N4O4S2. The summed E-state index contributed by atoms with van der Waals surface area (Å²) in [6.45, 7) is 4.11. The molecule has 0 aliphatic carbocycles.